The largest absolute Gasteiger partial charge is 0.321 e. The normalized spacial score (nSPS) is 15.7. The Morgan fingerprint density at radius 3 is 2.38 bits per heavy atom. The Balaban J connectivity index is 2.17. The van der Waals surface area contributed by atoms with Crippen molar-refractivity contribution in [3.63, 3.8) is 0 Å². The van der Waals surface area contributed by atoms with E-state index < -0.39 is 11.6 Å². The summed E-state index contributed by atoms with van der Waals surface area (Å²) in [5.74, 6) is -2.14. The molecule has 1 aromatic carbocycles. The van der Waals surface area contributed by atoms with Crippen LogP contribution in [0.4, 0.5) is 14.5 Å². The smallest absolute Gasteiger partial charge is 0.230 e. The van der Waals surface area contributed by atoms with Crippen LogP contribution in [0.25, 0.3) is 0 Å². The van der Waals surface area contributed by atoms with E-state index >= 15 is 0 Å². The van der Waals surface area contributed by atoms with Crippen molar-refractivity contribution in [2.75, 3.05) is 18.4 Å². The maximum atomic E-state index is 13.4. The molecule has 0 spiro atoms. The number of nitrogens with one attached hydrogen (secondary N) is 2. The molecule has 0 atom stereocenters. The summed E-state index contributed by atoms with van der Waals surface area (Å²) in [5.41, 5.74) is -0.389. The van der Waals surface area contributed by atoms with Gasteiger partial charge in [-0.2, -0.15) is 0 Å². The average Bonchev–Trinajstić information content (AvgIpc) is 2.08. The molecule has 1 aliphatic rings. The van der Waals surface area contributed by atoms with Crippen LogP contribution in [0, 0.1) is 17.6 Å². The Morgan fingerprint density at radius 1 is 1.38 bits per heavy atom. The topological polar surface area (TPSA) is 41.1 Å². The quantitative estimate of drug-likeness (QED) is 0.873. The summed E-state index contributed by atoms with van der Waals surface area (Å²) in [4.78, 5) is 11.5. The first kappa shape index (κ1) is 11.5. The van der Waals surface area contributed by atoms with E-state index in [1.165, 1.54) is 0 Å². The van der Waals surface area contributed by atoms with Crippen molar-refractivity contribution in [3.8, 4) is 0 Å². The molecule has 3 nitrogen and oxygen atoms in total. The van der Waals surface area contributed by atoms with E-state index in [9.17, 15) is 13.6 Å². The van der Waals surface area contributed by atoms with Crippen LogP contribution < -0.4 is 10.6 Å². The molecule has 1 heterocycles. The van der Waals surface area contributed by atoms with E-state index in [0.717, 1.165) is 12.1 Å². The number of carbonyl (C=O) groups is 1. The molecule has 0 aromatic heterocycles. The van der Waals surface area contributed by atoms with Crippen LogP contribution in [0.1, 0.15) is 0 Å². The minimum atomic E-state index is -0.785. The third kappa shape index (κ3) is 2.22. The van der Waals surface area contributed by atoms with Gasteiger partial charge in [0.25, 0.3) is 0 Å². The monoisotopic (exact) mass is 290 g/mol. The number of benzene rings is 1. The Morgan fingerprint density at radius 2 is 1.94 bits per heavy atom. The van der Waals surface area contributed by atoms with Crippen LogP contribution >= 0.6 is 15.9 Å². The molecule has 1 fully saturated rings. The van der Waals surface area contributed by atoms with Crippen molar-refractivity contribution < 1.29 is 13.6 Å². The van der Waals surface area contributed by atoms with Gasteiger partial charge in [0.2, 0.25) is 5.91 Å². The molecular formula is C10H9BrF2N2O. The van der Waals surface area contributed by atoms with E-state index in [2.05, 4.69) is 26.6 Å². The van der Waals surface area contributed by atoms with E-state index in [1.807, 2.05) is 0 Å². The van der Waals surface area contributed by atoms with Gasteiger partial charge in [-0.3, -0.25) is 4.79 Å². The van der Waals surface area contributed by atoms with Crippen LogP contribution in [-0.2, 0) is 4.79 Å². The number of rotatable bonds is 2. The molecular weight excluding hydrogens is 282 g/mol. The maximum Gasteiger partial charge on any atom is 0.230 e. The number of halogens is 3. The van der Waals surface area contributed by atoms with Gasteiger partial charge in [0.05, 0.1) is 5.92 Å². The molecule has 0 bridgehead atoms. The molecule has 1 amide bonds. The van der Waals surface area contributed by atoms with Crippen molar-refractivity contribution in [1.82, 2.24) is 5.32 Å². The second-order valence-corrected chi connectivity index (χ2v) is 4.50. The third-order valence-electron chi connectivity index (χ3n) is 2.41. The second-order valence-electron chi connectivity index (χ2n) is 3.59. The minimum Gasteiger partial charge on any atom is -0.321 e. The molecule has 0 unspecified atom stereocenters. The molecule has 0 radical (unpaired) electrons. The lowest BCUT2D eigenvalue weighted by Crippen LogP contribution is -2.48. The standard InChI is InChI=1S/C10H9BrF2N2O/c11-6-1-7(12)9(8(13)2-6)15-10(16)5-3-14-4-5/h1-2,5,14H,3-4H2,(H,15,16). The van der Waals surface area contributed by atoms with Gasteiger partial charge in [-0.15, -0.1) is 0 Å². The number of amides is 1. The lowest BCUT2D eigenvalue weighted by Gasteiger charge is -2.25. The van der Waals surface area contributed by atoms with E-state index in [-0.39, 0.29) is 17.5 Å². The molecule has 16 heavy (non-hydrogen) atoms. The van der Waals surface area contributed by atoms with Gasteiger partial charge in [0.15, 0.2) is 11.6 Å². The van der Waals surface area contributed by atoms with Crippen molar-refractivity contribution >= 4 is 27.5 Å². The first-order valence-electron chi connectivity index (χ1n) is 4.74. The number of hydrogen-bond acceptors (Lipinski definition) is 2. The van der Waals surface area contributed by atoms with Gasteiger partial charge in [0, 0.05) is 17.6 Å². The molecule has 1 saturated heterocycles. The Labute approximate surface area is 99.3 Å². The lowest BCUT2D eigenvalue weighted by atomic mass is 10.0. The van der Waals surface area contributed by atoms with E-state index in [1.54, 1.807) is 0 Å². The fourth-order valence-corrected chi connectivity index (χ4v) is 1.76. The third-order valence-corrected chi connectivity index (χ3v) is 2.87. The average molecular weight is 291 g/mol. The Kier molecular flexibility index (Phi) is 3.20. The molecule has 0 aliphatic carbocycles. The summed E-state index contributed by atoms with van der Waals surface area (Å²) >= 11 is 2.96. The summed E-state index contributed by atoms with van der Waals surface area (Å²) in [6, 6.07) is 2.22. The lowest BCUT2D eigenvalue weighted by molar-refractivity contribution is -0.121. The van der Waals surface area contributed by atoms with Gasteiger partial charge < -0.3 is 10.6 Å². The highest BCUT2D eigenvalue weighted by molar-refractivity contribution is 9.10. The van der Waals surface area contributed by atoms with Crippen LogP contribution in [0.5, 0.6) is 0 Å². The van der Waals surface area contributed by atoms with Crippen molar-refractivity contribution in [3.05, 3.63) is 28.2 Å². The predicted octanol–water partition coefficient (Wildman–Crippen LogP) is 1.89. The molecule has 0 saturated carbocycles. The highest BCUT2D eigenvalue weighted by atomic mass is 79.9. The highest BCUT2D eigenvalue weighted by Crippen LogP contribution is 2.24. The maximum absolute atomic E-state index is 13.4. The molecule has 1 aromatic rings. The zero-order valence-electron chi connectivity index (χ0n) is 8.19. The fraction of sp³-hybridized carbons (Fsp3) is 0.300. The zero-order chi connectivity index (χ0) is 11.7. The molecule has 2 N–H and O–H groups in total. The van der Waals surface area contributed by atoms with E-state index in [0.29, 0.717) is 17.6 Å². The summed E-state index contributed by atoms with van der Waals surface area (Å²) < 4.78 is 27.0. The number of anilines is 1. The van der Waals surface area contributed by atoms with Crippen LogP contribution in [-0.4, -0.2) is 19.0 Å². The van der Waals surface area contributed by atoms with Crippen molar-refractivity contribution in [2.24, 2.45) is 5.92 Å². The Hall–Kier alpha value is -1.01. The minimum absolute atomic E-state index is 0.206. The van der Waals surface area contributed by atoms with Crippen LogP contribution in [0.2, 0.25) is 0 Å². The zero-order valence-corrected chi connectivity index (χ0v) is 9.77. The SMILES string of the molecule is O=C(Nc1c(F)cc(Br)cc1F)C1CNC1. The van der Waals surface area contributed by atoms with Gasteiger partial charge in [-0.1, -0.05) is 15.9 Å². The van der Waals surface area contributed by atoms with Crippen molar-refractivity contribution in [2.45, 2.75) is 0 Å². The molecule has 86 valence electrons. The summed E-state index contributed by atoms with van der Waals surface area (Å²) in [6.45, 7) is 1.09. The van der Waals surface area contributed by atoms with Gasteiger partial charge in [-0.05, 0) is 12.1 Å². The van der Waals surface area contributed by atoms with Crippen molar-refractivity contribution in [1.29, 1.82) is 0 Å². The second kappa shape index (κ2) is 4.47. The molecule has 6 heteroatoms. The number of hydrogen-bond donors (Lipinski definition) is 2. The predicted molar refractivity (Wildman–Crippen MR) is 59.0 cm³/mol. The molecule has 1 aliphatic heterocycles. The summed E-state index contributed by atoms with van der Waals surface area (Å²) in [7, 11) is 0. The van der Waals surface area contributed by atoms with Crippen LogP contribution in [0.3, 0.4) is 0 Å². The Bertz CT molecular complexity index is 412. The van der Waals surface area contributed by atoms with Crippen LogP contribution in [0.15, 0.2) is 16.6 Å². The van der Waals surface area contributed by atoms with Gasteiger partial charge in [-0.25, -0.2) is 8.78 Å². The highest BCUT2D eigenvalue weighted by Gasteiger charge is 2.26. The first-order valence-corrected chi connectivity index (χ1v) is 5.53. The van der Waals surface area contributed by atoms with Gasteiger partial charge >= 0.3 is 0 Å². The van der Waals surface area contributed by atoms with Gasteiger partial charge in [0.1, 0.15) is 5.69 Å². The number of carbonyl (C=O) groups excluding carboxylic acids is 1. The first-order chi connectivity index (χ1) is 7.58. The fourth-order valence-electron chi connectivity index (χ4n) is 1.36. The summed E-state index contributed by atoms with van der Waals surface area (Å²) in [5, 5.41) is 5.17. The summed E-state index contributed by atoms with van der Waals surface area (Å²) in [6.07, 6.45) is 0. The molecule has 2 rings (SSSR count). The van der Waals surface area contributed by atoms with E-state index in [4.69, 9.17) is 0 Å².